The molecule has 0 aromatic heterocycles. The molecule has 0 spiro atoms. The Balaban J connectivity index is 0. The van der Waals surface area contributed by atoms with E-state index in [0.717, 1.165) is 5.57 Å². The van der Waals surface area contributed by atoms with E-state index < -0.39 is 0 Å². The molecule has 0 saturated carbocycles. The van der Waals surface area contributed by atoms with E-state index in [-0.39, 0.29) is 6.04 Å². The van der Waals surface area contributed by atoms with Crippen molar-refractivity contribution in [3.63, 3.8) is 0 Å². The Morgan fingerprint density at radius 3 is 1.91 bits per heavy atom. The summed E-state index contributed by atoms with van der Waals surface area (Å²) in [5.74, 6) is 0. The molecule has 1 atom stereocenters. The molecule has 11 heavy (non-hydrogen) atoms. The Labute approximate surface area is 70.3 Å². The highest BCUT2D eigenvalue weighted by Crippen LogP contribution is 1.99. The van der Waals surface area contributed by atoms with Gasteiger partial charge in [-0.25, -0.2) is 0 Å². The van der Waals surface area contributed by atoms with Crippen molar-refractivity contribution in [3.8, 4) is 0 Å². The maximum absolute atomic E-state index is 5.55. The van der Waals surface area contributed by atoms with Crippen LogP contribution in [0.4, 0.5) is 0 Å². The topological polar surface area (TPSA) is 26.0 Å². The predicted molar refractivity (Wildman–Crippen MR) is 53.5 cm³/mol. The third kappa shape index (κ3) is 7.07. The van der Waals surface area contributed by atoms with Crippen LogP contribution >= 0.6 is 0 Å². The van der Waals surface area contributed by atoms with Crippen LogP contribution in [0.15, 0.2) is 37.0 Å². The van der Waals surface area contributed by atoms with Gasteiger partial charge in [-0.05, 0) is 12.5 Å². The molecule has 0 aliphatic carbocycles. The standard InChI is InChI=1S/C8H13N.C2H6/c1-4-6-8(5-2)7(3)9;1-2/h4-7H,1-2,9H2,3H3;1-2H3/b8-6+;. The minimum absolute atomic E-state index is 0.0560. The molecular formula is C10H19N. The van der Waals surface area contributed by atoms with Crippen LogP contribution in [0.5, 0.6) is 0 Å². The van der Waals surface area contributed by atoms with Crippen LogP contribution in [0.25, 0.3) is 0 Å². The fourth-order valence-corrected chi connectivity index (χ4v) is 0.542. The molecule has 2 N–H and O–H groups in total. The van der Waals surface area contributed by atoms with Gasteiger partial charge in [-0.3, -0.25) is 0 Å². The number of nitrogens with two attached hydrogens (primary N) is 1. The molecule has 0 heterocycles. The van der Waals surface area contributed by atoms with Crippen molar-refractivity contribution in [3.05, 3.63) is 37.0 Å². The van der Waals surface area contributed by atoms with Crippen molar-refractivity contribution >= 4 is 0 Å². The molecule has 0 bridgehead atoms. The van der Waals surface area contributed by atoms with E-state index in [1.54, 1.807) is 12.2 Å². The average Bonchev–Trinajstić information content (AvgIpc) is 2.03. The summed E-state index contributed by atoms with van der Waals surface area (Å²) >= 11 is 0. The lowest BCUT2D eigenvalue weighted by atomic mass is 10.1. The Morgan fingerprint density at radius 1 is 1.36 bits per heavy atom. The first-order valence-corrected chi connectivity index (χ1v) is 3.93. The second-order valence-electron chi connectivity index (χ2n) is 1.90. The zero-order chi connectivity index (χ0) is 9.28. The summed E-state index contributed by atoms with van der Waals surface area (Å²) < 4.78 is 0. The summed E-state index contributed by atoms with van der Waals surface area (Å²) in [5.41, 5.74) is 6.56. The minimum Gasteiger partial charge on any atom is -0.324 e. The van der Waals surface area contributed by atoms with Crippen LogP contribution < -0.4 is 5.73 Å². The summed E-state index contributed by atoms with van der Waals surface area (Å²) in [4.78, 5) is 0. The highest BCUT2D eigenvalue weighted by Gasteiger charge is 1.94. The summed E-state index contributed by atoms with van der Waals surface area (Å²) in [6.07, 6.45) is 5.31. The van der Waals surface area contributed by atoms with E-state index in [0.29, 0.717) is 0 Å². The highest BCUT2D eigenvalue weighted by molar-refractivity contribution is 5.25. The zero-order valence-corrected chi connectivity index (χ0v) is 7.80. The van der Waals surface area contributed by atoms with Gasteiger partial charge in [0.1, 0.15) is 0 Å². The van der Waals surface area contributed by atoms with E-state index >= 15 is 0 Å². The van der Waals surface area contributed by atoms with Gasteiger partial charge in [-0.1, -0.05) is 45.2 Å². The second-order valence-corrected chi connectivity index (χ2v) is 1.90. The van der Waals surface area contributed by atoms with Gasteiger partial charge in [0.05, 0.1) is 0 Å². The van der Waals surface area contributed by atoms with Gasteiger partial charge in [0.2, 0.25) is 0 Å². The molecule has 64 valence electrons. The lowest BCUT2D eigenvalue weighted by Crippen LogP contribution is -2.16. The third-order valence-electron chi connectivity index (χ3n) is 1.07. The second kappa shape index (κ2) is 9.18. The van der Waals surface area contributed by atoms with Crippen LogP contribution in [0.1, 0.15) is 20.8 Å². The molecule has 0 rings (SSSR count). The van der Waals surface area contributed by atoms with E-state index in [4.69, 9.17) is 5.73 Å². The van der Waals surface area contributed by atoms with Gasteiger partial charge in [0.15, 0.2) is 0 Å². The molecule has 0 aliphatic heterocycles. The van der Waals surface area contributed by atoms with E-state index in [1.165, 1.54) is 0 Å². The molecule has 0 amide bonds. The van der Waals surface area contributed by atoms with Gasteiger partial charge < -0.3 is 5.73 Å². The first-order valence-electron chi connectivity index (χ1n) is 3.93. The molecule has 0 aliphatic rings. The monoisotopic (exact) mass is 153 g/mol. The number of allylic oxidation sites excluding steroid dienone is 2. The van der Waals surface area contributed by atoms with Crippen molar-refractivity contribution < 1.29 is 0 Å². The maximum atomic E-state index is 5.55. The lowest BCUT2D eigenvalue weighted by Gasteiger charge is -2.02. The van der Waals surface area contributed by atoms with Crippen LogP contribution in [0.3, 0.4) is 0 Å². The quantitative estimate of drug-likeness (QED) is 0.620. The SMILES string of the molecule is C=C/C=C(\C=C)C(C)N.CC. The number of hydrogen-bond donors (Lipinski definition) is 1. The van der Waals surface area contributed by atoms with Gasteiger partial charge >= 0.3 is 0 Å². The van der Waals surface area contributed by atoms with Gasteiger partial charge in [-0.2, -0.15) is 0 Å². The summed E-state index contributed by atoms with van der Waals surface area (Å²) in [7, 11) is 0. The normalized spacial score (nSPS) is 12.5. The molecule has 1 heteroatoms. The molecule has 0 radical (unpaired) electrons. The first kappa shape index (κ1) is 12.8. The van der Waals surface area contributed by atoms with Crippen LogP contribution in [0, 0.1) is 0 Å². The Hall–Kier alpha value is -0.820. The number of rotatable bonds is 3. The van der Waals surface area contributed by atoms with Crippen LogP contribution in [-0.4, -0.2) is 6.04 Å². The van der Waals surface area contributed by atoms with Crippen molar-refractivity contribution in [2.75, 3.05) is 0 Å². The summed E-state index contributed by atoms with van der Waals surface area (Å²) in [6, 6.07) is 0.0560. The lowest BCUT2D eigenvalue weighted by molar-refractivity contribution is 0.886. The number of hydrogen-bond acceptors (Lipinski definition) is 1. The van der Waals surface area contributed by atoms with E-state index in [1.807, 2.05) is 26.8 Å². The average molecular weight is 153 g/mol. The predicted octanol–water partition coefficient (Wildman–Crippen LogP) is 2.66. The summed E-state index contributed by atoms with van der Waals surface area (Å²) in [6.45, 7) is 13.1. The third-order valence-corrected chi connectivity index (χ3v) is 1.07. The fraction of sp³-hybridized carbons (Fsp3) is 0.400. The zero-order valence-electron chi connectivity index (χ0n) is 7.80. The molecule has 1 nitrogen and oxygen atoms in total. The van der Waals surface area contributed by atoms with Crippen LogP contribution in [-0.2, 0) is 0 Å². The molecule has 0 aromatic rings. The smallest absolute Gasteiger partial charge is 0.0265 e. The highest BCUT2D eigenvalue weighted by atomic mass is 14.6. The van der Waals surface area contributed by atoms with Crippen molar-refractivity contribution in [1.29, 1.82) is 0 Å². The van der Waals surface area contributed by atoms with Crippen molar-refractivity contribution in [1.82, 2.24) is 0 Å². The Bertz CT molecular complexity index is 132. The molecular weight excluding hydrogens is 134 g/mol. The molecule has 0 aromatic carbocycles. The largest absolute Gasteiger partial charge is 0.324 e. The van der Waals surface area contributed by atoms with Gasteiger partial charge in [0, 0.05) is 6.04 Å². The minimum atomic E-state index is 0.0560. The van der Waals surface area contributed by atoms with Crippen LogP contribution in [0.2, 0.25) is 0 Å². The van der Waals surface area contributed by atoms with Crippen molar-refractivity contribution in [2.45, 2.75) is 26.8 Å². The maximum Gasteiger partial charge on any atom is 0.0265 e. The first-order chi connectivity index (χ1) is 5.22. The van der Waals surface area contributed by atoms with E-state index in [2.05, 4.69) is 13.2 Å². The Kier molecular flexibility index (Phi) is 10.7. The fourth-order valence-electron chi connectivity index (χ4n) is 0.542. The van der Waals surface area contributed by atoms with Gasteiger partial charge in [0.25, 0.3) is 0 Å². The summed E-state index contributed by atoms with van der Waals surface area (Å²) in [5, 5.41) is 0. The molecule has 0 saturated heterocycles. The molecule has 0 fully saturated rings. The Morgan fingerprint density at radius 2 is 1.82 bits per heavy atom. The van der Waals surface area contributed by atoms with Gasteiger partial charge in [-0.15, -0.1) is 0 Å². The van der Waals surface area contributed by atoms with E-state index in [9.17, 15) is 0 Å². The van der Waals surface area contributed by atoms with Crippen molar-refractivity contribution in [2.24, 2.45) is 5.73 Å². The molecule has 1 unspecified atom stereocenters.